The molecule has 1 aliphatic heterocycles. The molecule has 2 aromatic heterocycles. The molecule has 0 saturated carbocycles. The number of nitrogens with zero attached hydrogens (tertiary/aromatic N) is 2. The van der Waals surface area contributed by atoms with Gasteiger partial charge in [-0.3, -0.25) is 9.78 Å². The van der Waals surface area contributed by atoms with Gasteiger partial charge in [-0.15, -0.1) is 11.3 Å². The number of aromatic nitrogens is 1. The fourth-order valence-corrected chi connectivity index (χ4v) is 3.81. The molecule has 0 radical (unpaired) electrons. The van der Waals surface area contributed by atoms with Crippen LogP contribution in [0.25, 0.3) is 0 Å². The minimum absolute atomic E-state index is 0.0270. The van der Waals surface area contributed by atoms with E-state index in [4.69, 9.17) is 0 Å². The second-order valence-electron chi connectivity index (χ2n) is 6.05. The number of rotatable bonds is 5. The van der Waals surface area contributed by atoms with Gasteiger partial charge in [-0.1, -0.05) is 25.1 Å². The number of nitrogens with one attached hydrogen (secondary N) is 1. The van der Waals surface area contributed by atoms with Crippen LogP contribution in [0.5, 0.6) is 0 Å². The third kappa shape index (κ3) is 3.03. The molecule has 1 aliphatic rings. The van der Waals surface area contributed by atoms with Crippen LogP contribution in [0.1, 0.15) is 39.6 Å². The minimum atomic E-state index is -0.252. The second kappa shape index (κ2) is 6.69. The summed E-state index contributed by atoms with van der Waals surface area (Å²) < 4.78 is 0. The molecule has 1 amide bonds. The van der Waals surface area contributed by atoms with Crippen LogP contribution in [0.3, 0.4) is 0 Å². The lowest BCUT2D eigenvalue weighted by Crippen LogP contribution is -2.31. The van der Waals surface area contributed by atoms with Crippen LogP contribution in [-0.2, 0) is 13.0 Å². The number of pyridine rings is 1. The van der Waals surface area contributed by atoms with E-state index >= 15 is 0 Å². The van der Waals surface area contributed by atoms with Gasteiger partial charge in [0.15, 0.2) is 0 Å². The Labute approximate surface area is 151 Å². The third-order valence-corrected chi connectivity index (χ3v) is 5.33. The van der Waals surface area contributed by atoms with Gasteiger partial charge in [0.2, 0.25) is 0 Å². The van der Waals surface area contributed by atoms with E-state index in [1.54, 1.807) is 17.5 Å². The average molecular weight is 349 g/mol. The van der Waals surface area contributed by atoms with Crippen LogP contribution in [0.15, 0.2) is 60.1 Å². The molecule has 0 spiro atoms. The lowest BCUT2D eigenvalue weighted by atomic mass is 10.1. The lowest BCUT2D eigenvalue weighted by molar-refractivity contribution is 0.0729. The summed E-state index contributed by atoms with van der Waals surface area (Å²) in [5.74, 6) is 0.0270. The molecule has 0 aliphatic carbocycles. The molecule has 5 heteroatoms. The molecule has 25 heavy (non-hydrogen) atoms. The Balaban J connectivity index is 1.66. The van der Waals surface area contributed by atoms with E-state index in [2.05, 4.69) is 47.6 Å². The number of aryl methyl sites for hydroxylation is 1. The van der Waals surface area contributed by atoms with Crippen molar-refractivity contribution in [1.29, 1.82) is 0 Å². The number of carbonyl (C=O) groups is 1. The summed E-state index contributed by atoms with van der Waals surface area (Å²) in [6, 6.07) is 16.1. The van der Waals surface area contributed by atoms with Crippen molar-refractivity contribution in [2.45, 2.75) is 26.1 Å². The summed E-state index contributed by atoms with van der Waals surface area (Å²) in [4.78, 5) is 20.4. The number of anilines is 1. The van der Waals surface area contributed by atoms with Crippen LogP contribution in [0, 0.1) is 0 Å². The first-order chi connectivity index (χ1) is 12.3. The van der Waals surface area contributed by atoms with E-state index < -0.39 is 0 Å². The van der Waals surface area contributed by atoms with Crippen LogP contribution in [0.2, 0.25) is 0 Å². The summed E-state index contributed by atoms with van der Waals surface area (Å²) in [7, 11) is 0. The Hall–Kier alpha value is -2.66. The maximum atomic E-state index is 12.9. The molecule has 4 nitrogen and oxygen atoms in total. The summed E-state index contributed by atoms with van der Waals surface area (Å²) in [5.41, 5.74) is 3.76. The van der Waals surface area contributed by atoms with Gasteiger partial charge in [0, 0.05) is 16.8 Å². The van der Waals surface area contributed by atoms with Crippen molar-refractivity contribution in [3.8, 4) is 0 Å². The van der Waals surface area contributed by atoms with Crippen molar-refractivity contribution in [2.75, 3.05) is 5.32 Å². The first-order valence-corrected chi connectivity index (χ1v) is 9.28. The number of amides is 1. The van der Waals surface area contributed by atoms with E-state index in [9.17, 15) is 4.79 Å². The Morgan fingerprint density at radius 2 is 2.00 bits per heavy atom. The highest BCUT2D eigenvalue weighted by Gasteiger charge is 2.37. The molecule has 1 aromatic carbocycles. The molecule has 3 heterocycles. The van der Waals surface area contributed by atoms with E-state index in [0.717, 1.165) is 22.7 Å². The highest BCUT2D eigenvalue weighted by Crippen LogP contribution is 2.34. The van der Waals surface area contributed by atoms with Crippen LogP contribution in [-0.4, -0.2) is 15.8 Å². The first-order valence-electron chi connectivity index (χ1n) is 8.40. The predicted octanol–water partition coefficient (Wildman–Crippen LogP) is 4.47. The standard InChI is InChI=1S/C20H19N3OS/c1-2-14-7-9-15(10-8-14)22-19-18-17(6-3-11-21-18)20(24)23(19)13-16-5-4-12-25-16/h3-12,19,22H,2,13H2,1H3/t19-/m1/s1. The molecular formula is C20H19N3OS. The van der Waals surface area contributed by atoms with Crippen LogP contribution < -0.4 is 5.32 Å². The van der Waals surface area contributed by atoms with Gasteiger partial charge in [0.05, 0.1) is 17.8 Å². The lowest BCUT2D eigenvalue weighted by Gasteiger charge is -2.26. The molecule has 0 fully saturated rings. The van der Waals surface area contributed by atoms with Gasteiger partial charge in [0.1, 0.15) is 6.17 Å². The summed E-state index contributed by atoms with van der Waals surface area (Å²) in [5, 5.41) is 5.52. The van der Waals surface area contributed by atoms with Crippen LogP contribution in [0.4, 0.5) is 5.69 Å². The fraction of sp³-hybridized carbons (Fsp3) is 0.200. The van der Waals surface area contributed by atoms with Crippen molar-refractivity contribution >= 4 is 22.9 Å². The molecular weight excluding hydrogens is 330 g/mol. The van der Waals surface area contributed by atoms with Gasteiger partial charge in [0.25, 0.3) is 5.91 Å². The molecule has 1 N–H and O–H groups in total. The number of carbonyl (C=O) groups excluding carboxylic acids is 1. The maximum Gasteiger partial charge on any atom is 0.258 e. The highest BCUT2D eigenvalue weighted by atomic mass is 32.1. The maximum absolute atomic E-state index is 12.9. The topological polar surface area (TPSA) is 45.2 Å². The zero-order valence-corrected chi connectivity index (χ0v) is 14.8. The molecule has 0 unspecified atom stereocenters. The monoisotopic (exact) mass is 349 g/mol. The highest BCUT2D eigenvalue weighted by molar-refractivity contribution is 7.09. The van der Waals surface area contributed by atoms with Crippen LogP contribution >= 0.6 is 11.3 Å². The summed E-state index contributed by atoms with van der Waals surface area (Å²) in [6.07, 6.45) is 2.51. The largest absolute Gasteiger partial charge is 0.360 e. The van der Waals surface area contributed by atoms with E-state index in [1.165, 1.54) is 5.56 Å². The van der Waals surface area contributed by atoms with Gasteiger partial charge >= 0.3 is 0 Å². The fourth-order valence-electron chi connectivity index (χ4n) is 3.11. The van der Waals surface area contributed by atoms with E-state index in [0.29, 0.717) is 12.1 Å². The SMILES string of the molecule is CCc1ccc(N[C@H]2c3ncccc3C(=O)N2Cc2cccs2)cc1. The zero-order chi connectivity index (χ0) is 17.2. The number of thiophene rings is 1. The average Bonchev–Trinajstić information content (AvgIpc) is 3.25. The number of benzene rings is 1. The van der Waals surface area contributed by atoms with Crippen molar-refractivity contribution in [2.24, 2.45) is 0 Å². The van der Waals surface area contributed by atoms with Crippen molar-refractivity contribution in [3.63, 3.8) is 0 Å². The van der Waals surface area contributed by atoms with Gasteiger partial charge in [-0.25, -0.2) is 0 Å². The van der Waals surface area contributed by atoms with Gasteiger partial charge in [-0.05, 0) is 47.7 Å². The normalized spacial score (nSPS) is 16.1. The molecule has 3 aromatic rings. The van der Waals surface area contributed by atoms with Crippen molar-refractivity contribution in [3.05, 3.63) is 81.8 Å². The number of fused-ring (bicyclic) bond motifs is 1. The molecule has 4 rings (SSSR count). The Morgan fingerprint density at radius 3 is 2.72 bits per heavy atom. The van der Waals surface area contributed by atoms with E-state index in [1.807, 2.05) is 28.5 Å². The number of hydrogen-bond donors (Lipinski definition) is 1. The summed E-state index contributed by atoms with van der Waals surface area (Å²) >= 11 is 1.66. The molecule has 126 valence electrons. The minimum Gasteiger partial charge on any atom is -0.360 e. The van der Waals surface area contributed by atoms with E-state index in [-0.39, 0.29) is 12.1 Å². The molecule has 0 bridgehead atoms. The first kappa shape index (κ1) is 15.8. The Bertz CT molecular complexity index is 874. The number of hydrogen-bond acceptors (Lipinski definition) is 4. The predicted molar refractivity (Wildman–Crippen MR) is 101 cm³/mol. The van der Waals surface area contributed by atoms with Crippen molar-refractivity contribution < 1.29 is 4.79 Å². The smallest absolute Gasteiger partial charge is 0.258 e. The third-order valence-electron chi connectivity index (χ3n) is 4.47. The zero-order valence-electron chi connectivity index (χ0n) is 14.0. The Kier molecular flexibility index (Phi) is 4.24. The Morgan fingerprint density at radius 1 is 1.16 bits per heavy atom. The second-order valence-corrected chi connectivity index (χ2v) is 7.08. The molecule has 0 saturated heterocycles. The van der Waals surface area contributed by atoms with Gasteiger partial charge < -0.3 is 10.2 Å². The molecule has 1 atom stereocenters. The van der Waals surface area contributed by atoms with Crippen molar-refractivity contribution in [1.82, 2.24) is 9.88 Å². The van der Waals surface area contributed by atoms with Gasteiger partial charge in [-0.2, -0.15) is 0 Å². The summed E-state index contributed by atoms with van der Waals surface area (Å²) in [6.45, 7) is 2.72. The quantitative estimate of drug-likeness (QED) is 0.739.